The number of halogens is 1. The molecular formula is C20H23Cl. The lowest BCUT2D eigenvalue weighted by Gasteiger charge is -2.31. The summed E-state index contributed by atoms with van der Waals surface area (Å²) in [6, 6.07) is 13.3. The summed E-state index contributed by atoms with van der Waals surface area (Å²) in [6.45, 7) is 6.54. The molecule has 2 aromatic rings. The van der Waals surface area contributed by atoms with Crippen molar-refractivity contribution in [3.05, 3.63) is 69.8 Å². The Morgan fingerprint density at radius 2 is 1.71 bits per heavy atom. The number of benzene rings is 2. The lowest BCUT2D eigenvalue weighted by atomic mass is 9.78. The summed E-state index contributed by atoms with van der Waals surface area (Å²) < 4.78 is 0. The standard InChI is InChI=1S/C20H23Cl/c1-13-11-14(2)19(15(3)12-13)20(21)18-10-6-8-16-7-4-5-9-17(16)18/h4-5,7,9,11-12,18,20H,6,8,10H2,1-3H3. The summed E-state index contributed by atoms with van der Waals surface area (Å²) in [4.78, 5) is 0. The molecule has 21 heavy (non-hydrogen) atoms. The minimum Gasteiger partial charge on any atom is -0.117 e. The second-order valence-corrected chi connectivity index (χ2v) is 6.88. The van der Waals surface area contributed by atoms with Crippen molar-refractivity contribution in [2.75, 3.05) is 0 Å². The van der Waals surface area contributed by atoms with Crippen molar-refractivity contribution in [3.63, 3.8) is 0 Å². The van der Waals surface area contributed by atoms with Crippen LogP contribution in [0.2, 0.25) is 0 Å². The number of hydrogen-bond acceptors (Lipinski definition) is 0. The Kier molecular flexibility index (Phi) is 4.08. The highest BCUT2D eigenvalue weighted by Gasteiger charge is 2.29. The molecule has 0 aliphatic heterocycles. The highest BCUT2D eigenvalue weighted by Crippen LogP contribution is 2.45. The van der Waals surface area contributed by atoms with E-state index < -0.39 is 0 Å². The van der Waals surface area contributed by atoms with Crippen LogP contribution in [0.1, 0.15) is 57.5 Å². The van der Waals surface area contributed by atoms with Crippen molar-refractivity contribution in [1.82, 2.24) is 0 Å². The monoisotopic (exact) mass is 298 g/mol. The maximum absolute atomic E-state index is 6.98. The molecule has 2 aromatic carbocycles. The SMILES string of the molecule is Cc1cc(C)c(C(Cl)C2CCCc3ccccc32)c(C)c1. The fourth-order valence-electron chi connectivity index (χ4n) is 3.92. The highest BCUT2D eigenvalue weighted by molar-refractivity contribution is 6.21. The quantitative estimate of drug-likeness (QED) is 0.595. The van der Waals surface area contributed by atoms with E-state index in [2.05, 4.69) is 57.2 Å². The minimum absolute atomic E-state index is 0.0760. The van der Waals surface area contributed by atoms with E-state index in [4.69, 9.17) is 11.6 Å². The Labute approximate surface area is 133 Å². The van der Waals surface area contributed by atoms with E-state index in [1.165, 1.54) is 52.6 Å². The molecule has 1 aliphatic rings. The highest BCUT2D eigenvalue weighted by atomic mass is 35.5. The van der Waals surface area contributed by atoms with Crippen molar-refractivity contribution >= 4 is 11.6 Å². The van der Waals surface area contributed by atoms with Gasteiger partial charge < -0.3 is 0 Å². The summed E-state index contributed by atoms with van der Waals surface area (Å²) in [5.41, 5.74) is 8.27. The first-order chi connectivity index (χ1) is 10.1. The minimum atomic E-state index is 0.0760. The third-order valence-corrected chi connectivity index (χ3v) is 5.31. The van der Waals surface area contributed by atoms with Gasteiger partial charge in [0.15, 0.2) is 0 Å². The van der Waals surface area contributed by atoms with Gasteiger partial charge in [0.05, 0.1) is 5.38 Å². The van der Waals surface area contributed by atoms with Crippen LogP contribution in [0.3, 0.4) is 0 Å². The van der Waals surface area contributed by atoms with Crippen LogP contribution >= 0.6 is 11.6 Å². The van der Waals surface area contributed by atoms with Crippen LogP contribution < -0.4 is 0 Å². The molecule has 0 aromatic heterocycles. The van der Waals surface area contributed by atoms with Crippen molar-refractivity contribution in [1.29, 1.82) is 0 Å². The summed E-state index contributed by atoms with van der Waals surface area (Å²) in [7, 11) is 0. The van der Waals surface area contributed by atoms with Gasteiger partial charge in [0, 0.05) is 5.92 Å². The molecule has 0 saturated heterocycles. The average molecular weight is 299 g/mol. The molecular weight excluding hydrogens is 276 g/mol. The zero-order valence-electron chi connectivity index (χ0n) is 13.1. The number of rotatable bonds is 2. The van der Waals surface area contributed by atoms with Gasteiger partial charge in [-0.25, -0.2) is 0 Å². The van der Waals surface area contributed by atoms with E-state index in [-0.39, 0.29) is 5.38 Å². The Balaban J connectivity index is 2.03. The maximum atomic E-state index is 6.98. The van der Waals surface area contributed by atoms with E-state index in [9.17, 15) is 0 Å². The zero-order chi connectivity index (χ0) is 15.0. The molecule has 3 rings (SSSR count). The summed E-state index contributed by atoms with van der Waals surface area (Å²) >= 11 is 6.98. The van der Waals surface area contributed by atoms with Gasteiger partial charge in [0.1, 0.15) is 0 Å². The Bertz CT molecular complexity index is 634. The van der Waals surface area contributed by atoms with Gasteiger partial charge >= 0.3 is 0 Å². The van der Waals surface area contributed by atoms with Crippen LogP contribution in [0.15, 0.2) is 36.4 Å². The molecule has 1 heteroatoms. The lowest BCUT2D eigenvalue weighted by Crippen LogP contribution is -2.15. The molecule has 0 radical (unpaired) electrons. The van der Waals surface area contributed by atoms with Gasteiger partial charge in [-0.1, -0.05) is 42.0 Å². The van der Waals surface area contributed by atoms with E-state index in [1.807, 2.05) is 0 Å². The first kappa shape index (κ1) is 14.7. The van der Waals surface area contributed by atoms with Crippen molar-refractivity contribution in [3.8, 4) is 0 Å². The van der Waals surface area contributed by atoms with Gasteiger partial charge in [0.2, 0.25) is 0 Å². The molecule has 0 heterocycles. The Morgan fingerprint density at radius 1 is 1.05 bits per heavy atom. The van der Waals surface area contributed by atoms with Crippen molar-refractivity contribution in [2.45, 2.75) is 51.3 Å². The van der Waals surface area contributed by atoms with Gasteiger partial charge in [-0.05, 0) is 67.9 Å². The summed E-state index contributed by atoms with van der Waals surface area (Å²) in [5.74, 6) is 0.441. The van der Waals surface area contributed by atoms with Gasteiger partial charge in [-0.15, -0.1) is 11.6 Å². The molecule has 2 unspecified atom stereocenters. The first-order valence-electron chi connectivity index (χ1n) is 7.87. The summed E-state index contributed by atoms with van der Waals surface area (Å²) in [6.07, 6.45) is 3.63. The molecule has 0 saturated carbocycles. The smallest absolute Gasteiger partial charge is 0.0658 e. The molecule has 0 fully saturated rings. The predicted molar refractivity (Wildman–Crippen MR) is 91.4 cm³/mol. The number of hydrogen-bond donors (Lipinski definition) is 0. The van der Waals surface area contributed by atoms with E-state index in [0.29, 0.717) is 5.92 Å². The van der Waals surface area contributed by atoms with Crippen LogP contribution in [0.4, 0.5) is 0 Å². The Morgan fingerprint density at radius 3 is 2.43 bits per heavy atom. The van der Waals surface area contributed by atoms with Crippen LogP contribution in [-0.2, 0) is 6.42 Å². The van der Waals surface area contributed by atoms with E-state index in [1.54, 1.807) is 0 Å². The molecule has 0 amide bonds. The zero-order valence-corrected chi connectivity index (χ0v) is 13.9. The fraction of sp³-hybridized carbons (Fsp3) is 0.400. The molecule has 1 aliphatic carbocycles. The molecule has 0 bridgehead atoms. The van der Waals surface area contributed by atoms with Crippen LogP contribution in [0.25, 0.3) is 0 Å². The fourth-order valence-corrected chi connectivity index (χ4v) is 4.53. The lowest BCUT2D eigenvalue weighted by molar-refractivity contribution is 0.537. The molecule has 0 nitrogen and oxygen atoms in total. The average Bonchev–Trinajstić information content (AvgIpc) is 2.45. The normalized spacial score (nSPS) is 19.1. The molecule has 110 valence electrons. The second-order valence-electron chi connectivity index (χ2n) is 6.41. The topological polar surface area (TPSA) is 0 Å². The third kappa shape index (κ3) is 2.74. The van der Waals surface area contributed by atoms with Gasteiger partial charge in [-0.2, -0.15) is 0 Å². The largest absolute Gasteiger partial charge is 0.117 e. The van der Waals surface area contributed by atoms with Gasteiger partial charge in [-0.3, -0.25) is 0 Å². The predicted octanol–water partition coefficient (Wildman–Crippen LogP) is 6.01. The number of fused-ring (bicyclic) bond motifs is 1. The third-order valence-electron chi connectivity index (χ3n) is 4.78. The molecule has 0 N–H and O–H groups in total. The molecule has 2 atom stereocenters. The van der Waals surface area contributed by atoms with Crippen molar-refractivity contribution < 1.29 is 0 Å². The van der Waals surface area contributed by atoms with E-state index in [0.717, 1.165) is 0 Å². The maximum Gasteiger partial charge on any atom is 0.0658 e. The first-order valence-corrected chi connectivity index (χ1v) is 8.31. The number of aryl methyl sites for hydroxylation is 4. The van der Waals surface area contributed by atoms with Crippen LogP contribution in [-0.4, -0.2) is 0 Å². The molecule has 0 spiro atoms. The Hall–Kier alpha value is -1.27. The van der Waals surface area contributed by atoms with E-state index >= 15 is 0 Å². The second kappa shape index (κ2) is 5.85. The van der Waals surface area contributed by atoms with Crippen LogP contribution in [0, 0.1) is 20.8 Å². The number of alkyl halides is 1. The summed E-state index contributed by atoms with van der Waals surface area (Å²) in [5, 5.41) is 0.0760. The van der Waals surface area contributed by atoms with Crippen LogP contribution in [0.5, 0.6) is 0 Å². The van der Waals surface area contributed by atoms with Crippen molar-refractivity contribution in [2.24, 2.45) is 0 Å². The van der Waals surface area contributed by atoms with Gasteiger partial charge in [0.25, 0.3) is 0 Å².